The molecule has 0 aliphatic carbocycles. The standard InChI is InChI=1S/C17H19N3O3S/c1-10-11(2)18-17-20(16(10)22)13(9-24-17)8-15(21)19-12-5-4-6-14(7-12)23-3/h4-7,13H,8-9H2,1-3H3,(H,19,21). The van der Waals surface area contributed by atoms with Gasteiger partial charge in [-0.3, -0.25) is 14.2 Å². The molecule has 0 saturated heterocycles. The summed E-state index contributed by atoms with van der Waals surface area (Å²) in [6.45, 7) is 3.61. The number of carbonyl (C=O) groups is 1. The molecule has 1 atom stereocenters. The fraction of sp³-hybridized carbons (Fsp3) is 0.353. The molecule has 6 nitrogen and oxygen atoms in total. The van der Waals surface area contributed by atoms with Crippen LogP contribution in [0.25, 0.3) is 0 Å². The van der Waals surface area contributed by atoms with Gasteiger partial charge in [0, 0.05) is 35.2 Å². The Kier molecular flexibility index (Phi) is 4.62. The zero-order valence-electron chi connectivity index (χ0n) is 13.8. The molecule has 1 N–H and O–H groups in total. The lowest BCUT2D eigenvalue weighted by atomic mass is 10.2. The molecule has 0 fully saturated rings. The summed E-state index contributed by atoms with van der Waals surface area (Å²) in [6.07, 6.45) is 0.237. The van der Waals surface area contributed by atoms with Gasteiger partial charge in [0.2, 0.25) is 5.91 Å². The van der Waals surface area contributed by atoms with Gasteiger partial charge in [-0.05, 0) is 26.0 Å². The number of nitrogens with zero attached hydrogens (tertiary/aromatic N) is 2. The van der Waals surface area contributed by atoms with Gasteiger partial charge in [0.15, 0.2) is 5.16 Å². The predicted octanol–water partition coefficient (Wildman–Crippen LogP) is 2.54. The molecule has 1 aromatic carbocycles. The molecule has 1 aliphatic rings. The lowest BCUT2D eigenvalue weighted by molar-refractivity contribution is -0.116. The maximum Gasteiger partial charge on any atom is 0.257 e. The van der Waals surface area contributed by atoms with E-state index in [1.807, 2.05) is 19.1 Å². The first-order valence-electron chi connectivity index (χ1n) is 7.66. The van der Waals surface area contributed by atoms with Gasteiger partial charge in [0.1, 0.15) is 5.75 Å². The lowest BCUT2D eigenvalue weighted by Crippen LogP contribution is -2.29. The highest BCUT2D eigenvalue weighted by Crippen LogP contribution is 2.32. The lowest BCUT2D eigenvalue weighted by Gasteiger charge is -2.14. The first kappa shape index (κ1) is 16.6. The van der Waals surface area contributed by atoms with Crippen LogP contribution in [0.1, 0.15) is 23.7 Å². The van der Waals surface area contributed by atoms with Crippen molar-refractivity contribution in [2.24, 2.45) is 0 Å². The Hall–Kier alpha value is -2.28. The minimum absolute atomic E-state index is 0.0540. The van der Waals surface area contributed by atoms with Crippen LogP contribution in [0.4, 0.5) is 5.69 Å². The summed E-state index contributed by atoms with van der Waals surface area (Å²) in [5, 5.41) is 3.55. The molecule has 1 amide bonds. The van der Waals surface area contributed by atoms with Crippen LogP contribution in [0.5, 0.6) is 5.75 Å². The van der Waals surface area contributed by atoms with Gasteiger partial charge in [0.25, 0.3) is 5.56 Å². The van der Waals surface area contributed by atoms with Gasteiger partial charge < -0.3 is 10.1 Å². The first-order valence-corrected chi connectivity index (χ1v) is 8.64. The summed E-state index contributed by atoms with van der Waals surface area (Å²) in [5.74, 6) is 1.23. The average Bonchev–Trinajstić information content (AvgIpc) is 2.95. The van der Waals surface area contributed by atoms with E-state index in [-0.39, 0.29) is 23.9 Å². The summed E-state index contributed by atoms with van der Waals surface area (Å²) < 4.78 is 6.80. The fourth-order valence-electron chi connectivity index (χ4n) is 2.65. The van der Waals surface area contributed by atoms with Crippen LogP contribution in [-0.2, 0) is 4.79 Å². The van der Waals surface area contributed by atoms with E-state index in [0.29, 0.717) is 27.9 Å². The number of carbonyl (C=O) groups excluding carboxylic acids is 1. The number of rotatable bonds is 4. The van der Waals surface area contributed by atoms with Crippen molar-refractivity contribution in [3.63, 3.8) is 0 Å². The predicted molar refractivity (Wildman–Crippen MR) is 94.0 cm³/mol. The SMILES string of the molecule is COc1cccc(NC(=O)CC2CSc3nc(C)c(C)c(=O)n32)c1. The highest BCUT2D eigenvalue weighted by molar-refractivity contribution is 7.99. The molecular weight excluding hydrogens is 326 g/mol. The van der Waals surface area contributed by atoms with Crippen molar-refractivity contribution in [3.05, 3.63) is 45.9 Å². The number of aromatic nitrogens is 2. The monoisotopic (exact) mass is 345 g/mol. The molecule has 0 radical (unpaired) electrons. The molecule has 2 heterocycles. The van der Waals surface area contributed by atoms with Crippen molar-refractivity contribution < 1.29 is 9.53 Å². The number of nitrogens with one attached hydrogen (secondary N) is 1. The van der Waals surface area contributed by atoms with E-state index in [2.05, 4.69) is 10.3 Å². The van der Waals surface area contributed by atoms with E-state index in [0.717, 1.165) is 5.69 Å². The molecule has 2 aromatic rings. The van der Waals surface area contributed by atoms with Crippen LogP contribution < -0.4 is 15.6 Å². The number of thioether (sulfide) groups is 1. The van der Waals surface area contributed by atoms with Crippen LogP contribution >= 0.6 is 11.8 Å². The Balaban J connectivity index is 1.76. The van der Waals surface area contributed by atoms with E-state index in [1.54, 1.807) is 30.7 Å². The van der Waals surface area contributed by atoms with Crippen molar-refractivity contribution in [3.8, 4) is 5.75 Å². The van der Waals surface area contributed by atoms with Gasteiger partial charge in [-0.1, -0.05) is 17.8 Å². The molecule has 3 rings (SSSR count). The molecule has 0 spiro atoms. The zero-order chi connectivity index (χ0) is 17.3. The second-order valence-corrected chi connectivity index (χ2v) is 6.72. The molecule has 1 unspecified atom stereocenters. The average molecular weight is 345 g/mol. The Bertz CT molecular complexity index is 847. The van der Waals surface area contributed by atoms with Crippen LogP contribution in [-0.4, -0.2) is 28.3 Å². The second-order valence-electron chi connectivity index (χ2n) is 5.73. The maximum atomic E-state index is 12.5. The van der Waals surface area contributed by atoms with Crippen molar-refractivity contribution in [2.75, 3.05) is 18.2 Å². The van der Waals surface area contributed by atoms with Gasteiger partial charge >= 0.3 is 0 Å². The van der Waals surface area contributed by atoms with Gasteiger partial charge in [-0.15, -0.1) is 0 Å². The second kappa shape index (κ2) is 6.68. The molecular formula is C17H19N3O3S. The molecule has 24 heavy (non-hydrogen) atoms. The van der Waals surface area contributed by atoms with Gasteiger partial charge in [-0.2, -0.15) is 0 Å². The topological polar surface area (TPSA) is 73.2 Å². The minimum atomic E-state index is -0.171. The third-order valence-corrected chi connectivity index (χ3v) is 5.19. The third kappa shape index (κ3) is 3.17. The van der Waals surface area contributed by atoms with E-state index in [4.69, 9.17) is 4.74 Å². The quantitative estimate of drug-likeness (QED) is 0.862. The minimum Gasteiger partial charge on any atom is -0.497 e. The van der Waals surface area contributed by atoms with Gasteiger partial charge in [0.05, 0.1) is 13.2 Å². The number of aryl methyl sites for hydroxylation is 1. The zero-order valence-corrected chi connectivity index (χ0v) is 14.6. The smallest absolute Gasteiger partial charge is 0.257 e. The normalized spacial score (nSPS) is 15.9. The van der Waals surface area contributed by atoms with Crippen molar-refractivity contribution >= 4 is 23.4 Å². The highest BCUT2D eigenvalue weighted by Gasteiger charge is 2.28. The number of amides is 1. The third-order valence-electron chi connectivity index (χ3n) is 4.10. The van der Waals surface area contributed by atoms with Crippen molar-refractivity contribution in [1.82, 2.24) is 9.55 Å². The molecule has 0 bridgehead atoms. The van der Waals surface area contributed by atoms with E-state index >= 15 is 0 Å². The summed E-state index contributed by atoms with van der Waals surface area (Å²) >= 11 is 1.52. The number of fused-ring (bicyclic) bond motifs is 1. The molecule has 0 saturated carbocycles. The number of hydrogen-bond acceptors (Lipinski definition) is 5. The maximum absolute atomic E-state index is 12.5. The molecule has 7 heteroatoms. The van der Waals surface area contributed by atoms with E-state index in [1.165, 1.54) is 11.8 Å². The van der Waals surface area contributed by atoms with Crippen LogP contribution in [0.15, 0.2) is 34.2 Å². The Morgan fingerprint density at radius 1 is 1.46 bits per heavy atom. The van der Waals surface area contributed by atoms with Crippen molar-refractivity contribution in [1.29, 1.82) is 0 Å². The number of methoxy groups -OCH3 is 1. The number of benzene rings is 1. The molecule has 1 aliphatic heterocycles. The van der Waals surface area contributed by atoms with Crippen LogP contribution in [0.3, 0.4) is 0 Å². The first-order chi connectivity index (χ1) is 11.5. The van der Waals surface area contributed by atoms with Crippen molar-refractivity contribution in [2.45, 2.75) is 31.5 Å². The Labute approximate surface area is 144 Å². The number of anilines is 1. The molecule has 1 aromatic heterocycles. The number of hydrogen-bond donors (Lipinski definition) is 1. The summed E-state index contributed by atoms with van der Waals surface area (Å²) in [7, 11) is 1.58. The summed E-state index contributed by atoms with van der Waals surface area (Å²) in [5.41, 5.74) is 2.01. The largest absolute Gasteiger partial charge is 0.497 e. The van der Waals surface area contributed by atoms with Gasteiger partial charge in [-0.25, -0.2) is 4.98 Å². The van der Waals surface area contributed by atoms with E-state index < -0.39 is 0 Å². The Morgan fingerprint density at radius 2 is 2.25 bits per heavy atom. The fourth-order valence-corrected chi connectivity index (χ4v) is 3.83. The highest BCUT2D eigenvalue weighted by atomic mass is 32.2. The van der Waals surface area contributed by atoms with E-state index in [9.17, 15) is 9.59 Å². The molecule has 126 valence electrons. The number of ether oxygens (including phenoxy) is 1. The summed E-state index contributed by atoms with van der Waals surface area (Å²) in [4.78, 5) is 29.3. The van der Waals surface area contributed by atoms with Crippen LogP contribution in [0.2, 0.25) is 0 Å². The van der Waals surface area contributed by atoms with Crippen LogP contribution in [0, 0.1) is 13.8 Å². The Morgan fingerprint density at radius 3 is 3.00 bits per heavy atom. The summed E-state index contributed by atoms with van der Waals surface area (Å²) in [6, 6.07) is 7.02.